The third-order valence-corrected chi connectivity index (χ3v) is 7.91. The van der Waals surface area contributed by atoms with Crippen LogP contribution in [0.3, 0.4) is 0 Å². The van der Waals surface area contributed by atoms with Gasteiger partial charge in [-0.15, -0.1) is 0 Å². The molecule has 2 aliphatic rings. The van der Waals surface area contributed by atoms with Crippen LogP contribution in [0.5, 0.6) is 0 Å². The van der Waals surface area contributed by atoms with Crippen molar-refractivity contribution < 1.29 is 0 Å². The van der Waals surface area contributed by atoms with E-state index >= 15 is 0 Å². The van der Waals surface area contributed by atoms with Crippen LogP contribution in [0.2, 0.25) is 0 Å². The predicted molar refractivity (Wildman–Crippen MR) is 165 cm³/mol. The minimum Gasteiger partial charge on any atom is -0.376 e. The molecule has 0 bridgehead atoms. The van der Waals surface area contributed by atoms with Crippen molar-refractivity contribution in [2.75, 3.05) is 0 Å². The molecule has 194 valence electrons. The molecule has 0 fully saturated rings. The Bertz CT molecular complexity index is 1610. The van der Waals surface area contributed by atoms with E-state index in [4.69, 9.17) is 4.98 Å². The second-order valence-electron chi connectivity index (χ2n) is 10.5. The highest BCUT2D eigenvalue weighted by Gasteiger charge is 2.31. The minimum absolute atomic E-state index is 0.0561. The van der Waals surface area contributed by atoms with Crippen molar-refractivity contribution in [2.24, 2.45) is 5.92 Å². The normalized spacial score (nSPS) is 17.2. The standard InChI is InChI=1S/C37H36N2/c1-3-13-29(14-4-2)38-37(36-31-20-9-6-16-27(31)25-28-17-7-10-21-32(28)36)35-24-12-23-34(39-35)33-22-11-18-26-15-5-8-19-30(26)33/h5-13,15-24,27,37-38H,3-4,14,25H2,1-2H3. The maximum atomic E-state index is 5.39. The van der Waals surface area contributed by atoms with Gasteiger partial charge in [0, 0.05) is 17.2 Å². The van der Waals surface area contributed by atoms with E-state index in [1.165, 1.54) is 44.3 Å². The van der Waals surface area contributed by atoms with E-state index < -0.39 is 0 Å². The SMILES string of the molecule is CCC=C(CCC)NC(C1=C2C=CC=CC2Cc2ccccc21)c1cccc(-c2cccc3ccccc23)n1. The Morgan fingerprint density at radius 2 is 1.69 bits per heavy atom. The first-order valence-corrected chi connectivity index (χ1v) is 14.3. The van der Waals surface area contributed by atoms with Gasteiger partial charge in [-0.1, -0.05) is 123 Å². The Balaban J connectivity index is 1.55. The summed E-state index contributed by atoms with van der Waals surface area (Å²) in [6, 6.07) is 30.5. The maximum absolute atomic E-state index is 5.39. The summed E-state index contributed by atoms with van der Waals surface area (Å²) in [6.45, 7) is 4.47. The van der Waals surface area contributed by atoms with Gasteiger partial charge in [-0.2, -0.15) is 0 Å². The van der Waals surface area contributed by atoms with Crippen LogP contribution < -0.4 is 5.32 Å². The number of rotatable bonds is 8. The van der Waals surface area contributed by atoms with E-state index in [0.29, 0.717) is 5.92 Å². The van der Waals surface area contributed by atoms with Gasteiger partial charge in [-0.3, -0.25) is 4.98 Å². The lowest BCUT2D eigenvalue weighted by Crippen LogP contribution is -2.28. The lowest BCUT2D eigenvalue weighted by Gasteiger charge is -2.34. The van der Waals surface area contributed by atoms with E-state index in [2.05, 4.69) is 134 Å². The van der Waals surface area contributed by atoms with Crippen molar-refractivity contribution in [3.63, 3.8) is 0 Å². The lowest BCUT2D eigenvalue weighted by molar-refractivity contribution is 0.646. The van der Waals surface area contributed by atoms with Crippen molar-refractivity contribution in [3.8, 4) is 11.3 Å². The van der Waals surface area contributed by atoms with E-state index in [0.717, 1.165) is 37.1 Å². The molecule has 2 heteroatoms. The smallest absolute Gasteiger partial charge is 0.0946 e. The summed E-state index contributed by atoms with van der Waals surface area (Å²) in [5.74, 6) is 0.384. The number of nitrogens with one attached hydrogen (secondary N) is 1. The molecule has 2 unspecified atom stereocenters. The molecule has 1 aromatic heterocycles. The first-order valence-electron chi connectivity index (χ1n) is 14.3. The summed E-state index contributed by atoms with van der Waals surface area (Å²) in [4.78, 5) is 5.39. The van der Waals surface area contributed by atoms with Crippen LogP contribution in [0.1, 0.15) is 56.0 Å². The number of hydrogen-bond donors (Lipinski definition) is 1. The van der Waals surface area contributed by atoms with Gasteiger partial charge in [0.2, 0.25) is 0 Å². The van der Waals surface area contributed by atoms with E-state index in [9.17, 15) is 0 Å². The Morgan fingerprint density at radius 1 is 0.897 bits per heavy atom. The molecule has 0 saturated carbocycles. The second kappa shape index (κ2) is 11.3. The Morgan fingerprint density at radius 3 is 2.59 bits per heavy atom. The molecule has 2 atom stereocenters. The second-order valence-corrected chi connectivity index (χ2v) is 10.5. The van der Waals surface area contributed by atoms with Gasteiger partial charge in [0.15, 0.2) is 0 Å². The fourth-order valence-corrected chi connectivity index (χ4v) is 6.17. The molecule has 2 aliphatic carbocycles. The predicted octanol–water partition coefficient (Wildman–Crippen LogP) is 9.38. The molecule has 0 aliphatic heterocycles. The molecular weight excluding hydrogens is 472 g/mol. The fraction of sp³-hybridized carbons (Fsp3) is 0.216. The van der Waals surface area contributed by atoms with E-state index in [1.54, 1.807) is 0 Å². The molecule has 0 radical (unpaired) electrons. The molecule has 1 heterocycles. The molecule has 4 aromatic rings. The minimum atomic E-state index is -0.0561. The molecule has 2 nitrogen and oxygen atoms in total. The zero-order valence-corrected chi connectivity index (χ0v) is 22.9. The van der Waals surface area contributed by atoms with Crippen LogP contribution in [0.25, 0.3) is 27.6 Å². The lowest BCUT2D eigenvalue weighted by atomic mass is 9.74. The zero-order chi connectivity index (χ0) is 26.6. The van der Waals surface area contributed by atoms with Gasteiger partial charge in [0.05, 0.1) is 17.4 Å². The van der Waals surface area contributed by atoms with Crippen molar-refractivity contribution in [1.82, 2.24) is 10.3 Å². The third-order valence-electron chi connectivity index (χ3n) is 7.91. The highest BCUT2D eigenvalue weighted by molar-refractivity contribution is 5.95. The topological polar surface area (TPSA) is 24.9 Å². The van der Waals surface area contributed by atoms with Gasteiger partial charge < -0.3 is 5.32 Å². The van der Waals surface area contributed by atoms with Gasteiger partial charge >= 0.3 is 0 Å². The van der Waals surface area contributed by atoms with Crippen LogP contribution in [-0.2, 0) is 6.42 Å². The quantitative estimate of drug-likeness (QED) is 0.256. The molecule has 39 heavy (non-hydrogen) atoms. The number of allylic oxidation sites excluding steroid dienone is 7. The number of pyridine rings is 1. The van der Waals surface area contributed by atoms with Crippen LogP contribution in [0.4, 0.5) is 0 Å². The Labute approximate surface area is 232 Å². The average Bonchev–Trinajstić information content (AvgIpc) is 2.99. The molecule has 0 spiro atoms. The molecule has 1 N–H and O–H groups in total. The summed E-state index contributed by atoms with van der Waals surface area (Å²) in [5.41, 5.74) is 10.0. The van der Waals surface area contributed by atoms with Crippen molar-refractivity contribution in [2.45, 2.75) is 45.6 Å². The largest absolute Gasteiger partial charge is 0.376 e. The zero-order valence-electron chi connectivity index (χ0n) is 22.9. The van der Waals surface area contributed by atoms with Crippen molar-refractivity contribution >= 4 is 16.3 Å². The van der Waals surface area contributed by atoms with Gasteiger partial charge in [-0.25, -0.2) is 0 Å². The van der Waals surface area contributed by atoms with Gasteiger partial charge in [-0.05, 0) is 64.4 Å². The van der Waals surface area contributed by atoms with Crippen LogP contribution in [0.15, 0.2) is 127 Å². The van der Waals surface area contributed by atoms with Crippen LogP contribution in [0, 0.1) is 5.92 Å². The van der Waals surface area contributed by atoms with Crippen molar-refractivity contribution in [3.05, 3.63) is 143 Å². The van der Waals surface area contributed by atoms with Crippen molar-refractivity contribution in [1.29, 1.82) is 0 Å². The van der Waals surface area contributed by atoms with Gasteiger partial charge in [0.1, 0.15) is 0 Å². The summed E-state index contributed by atoms with van der Waals surface area (Å²) in [7, 11) is 0. The Hall–Kier alpha value is -4.17. The molecule has 0 amide bonds. The summed E-state index contributed by atoms with van der Waals surface area (Å²) < 4.78 is 0. The van der Waals surface area contributed by atoms with E-state index in [1.807, 2.05) is 0 Å². The molecule has 6 rings (SSSR count). The van der Waals surface area contributed by atoms with Gasteiger partial charge in [0.25, 0.3) is 0 Å². The van der Waals surface area contributed by atoms with E-state index in [-0.39, 0.29) is 6.04 Å². The summed E-state index contributed by atoms with van der Waals surface area (Å²) in [5, 5.41) is 6.49. The number of fused-ring (bicyclic) bond motifs is 3. The monoisotopic (exact) mass is 508 g/mol. The highest BCUT2D eigenvalue weighted by Crippen LogP contribution is 2.44. The van der Waals surface area contributed by atoms with Crippen LogP contribution in [-0.4, -0.2) is 4.98 Å². The van der Waals surface area contributed by atoms with Crippen LogP contribution >= 0.6 is 0 Å². The highest BCUT2D eigenvalue weighted by atomic mass is 15.0. The molecule has 3 aromatic carbocycles. The first kappa shape index (κ1) is 25.1. The molecule has 0 saturated heterocycles. The average molecular weight is 509 g/mol. The molecular formula is C37H36N2. The summed E-state index contributed by atoms with van der Waals surface area (Å²) in [6.07, 6.45) is 15.6. The number of aromatic nitrogens is 1. The third kappa shape index (κ3) is 5.00. The number of nitrogens with zero attached hydrogens (tertiary/aromatic N) is 1. The Kier molecular flexibility index (Phi) is 7.27. The number of hydrogen-bond acceptors (Lipinski definition) is 2. The number of benzene rings is 3. The maximum Gasteiger partial charge on any atom is 0.0946 e. The fourth-order valence-electron chi connectivity index (χ4n) is 6.17. The first-order chi connectivity index (χ1) is 19.3. The summed E-state index contributed by atoms with van der Waals surface area (Å²) >= 11 is 0.